The lowest BCUT2D eigenvalue weighted by Gasteiger charge is -2.40. The molecule has 484 valence electrons. The summed E-state index contributed by atoms with van der Waals surface area (Å²) in [6.07, 6.45) is 71.1. The van der Waals surface area contributed by atoms with Gasteiger partial charge in [0.1, 0.15) is 24.4 Å². The van der Waals surface area contributed by atoms with E-state index in [1.54, 1.807) is 6.08 Å². The molecule has 1 rings (SSSR count). The summed E-state index contributed by atoms with van der Waals surface area (Å²) in [7, 11) is 0. The number of rotatable bonds is 61. The Labute approximate surface area is 509 Å². The Morgan fingerprint density at radius 3 is 1.33 bits per heavy atom. The molecule has 0 aromatic carbocycles. The van der Waals surface area contributed by atoms with Crippen LogP contribution < -0.4 is 5.32 Å². The first kappa shape index (κ1) is 78.4. The molecule has 7 atom stereocenters. The van der Waals surface area contributed by atoms with Crippen molar-refractivity contribution in [2.75, 3.05) is 19.8 Å². The van der Waals surface area contributed by atoms with Crippen molar-refractivity contribution in [1.82, 2.24) is 5.32 Å². The highest BCUT2D eigenvalue weighted by atomic mass is 16.7. The monoisotopic (exact) mass is 1170 g/mol. The van der Waals surface area contributed by atoms with Gasteiger partial charge in [0.15, 0.2) is 6.29 Å². The van der Waals surface area contributed by atoms with E-state index in [4.69, 9.17) is 14.2 Å². The summed E-state index contributed by atoms with van der Waals surface area (Å²) < 4.78 is 16.7. The molecule has 6 N–H and O–H groups in total. The zero-order valence-electron chi connectivity index (χ0n) is 53.7. The molecule has 1 saturated heterocycles. The molecule has 0 radical (unpaired) electrons. The summed E-state index contributed by atoms with van der Waals surface area (Å²) in [4.78, 5) is 25.1. The van der Waals surface area contributed by atoms with Crippen LogP contribution in [0.5, 0.6) is 0 Å². The smallest absolute Gasteiger partial charge is 0.305 e. The maximum absolute atomic E-state index is 13.0. The van der Waals surface area contributed by atoms with Crippen molar-refractivity contribution in [3.05, 3.63) is 60.8 Å². The fourth-order valence-electron chi connectivity index (χ4n) is 10.9. The Bertz CT molecular complexity index is 1560. The molecule has 1 aliphatic heterocycles. The van der Waals surface area contributed by atoms with Crippen LogP contribution >= 0.6 is 0 Å². The largest absolute Gasteiger partial charge is 0.466 e. The number of unbranched alkanes of at least 4 members (excludes halogenated alkanes) is 40. The fraction of sp³-hybridized carbons (Fsp3) is 0.833. The van der Waals surface area contributed by atoms with E-state index >= 15 is 0 Å². The maximum atomic E-state index is 13.0. The third kappa shape index (κ3) is 50.1. The highest BCUT2D eigenvalue weighted by molar-refractivity contribution is 5.76. The van der Waals surface area contributed by atoms with Crippen LogP contribution in [0.4, 0.5) is 0 Å². The van der Waals surface area contributed by atoms with Gasteiger partial charge in [0, 0.05) is 12.8 Å². The predicted molar refractivity (Wildman–Crippen MR) is 347 cm³/mol. The molecule has 1 heterocycles. The van der Waals surface area contributed by atoms with E-state index in [1.807, 2.05) is 19.1 Å². The molecule has 7 unspecified atom stereocenters. The third-order valence-corrected chi connectivity index (χ3v) is 16.4. The van der Waals surface area contributed by atoms with Crippen molar-refractivity contribution in [3.8, 4) is 0 Å². The standard InChI is InChI=1S/C72H131NO10/c1-3-5-7-9-11-13-14-36-40-44-48-52-56-60-68(77)81-61-57-53-49-45-41-38-35-33-31-29-27-25-23-21-19-17-15-16-18-20-22-24-26-28-30-32-34-37-39-43-47-51-55-59-67(76)73-64(65(75)58-54-50-46-42-12-10-8-6-4-2)63-82-72-71(80)70(79)69(78)66(62-74)83-72/h4,6,12,19,21,25,27,42,54,58,64-66,69-72,74-75,78-80H,3,5,7-11,13-18,20,22-24,26,28-41,43-53,55-57,59-63H2,1-2H3,(H,73,76)/b6-4+,21-19-,27-25-,42-12+,58-54+. The van der Waals surface area contributed by atoms with Gasteiger partial charge in [-0.05, 0) is 84.0 Å². The number of amides is 1. The Hall–Kier alpha value is -2.64. The number of carbonyl (C=O) groups is 2. The van der Waals surface area contributed by atoms with Gasteiger partial charge >= 0.3 is 5.97 Å². The number of ether oxygens (including phenoxy) is 3. The van der Waals surface area contributed by atoms with E-state index in [0.29, 0.717) is 19.4 Å². The van der Waals surface area contributed by atoms with Crippen LogP contribution in [0.15, 0.2) is 60.8 Å². The molecule has 1 aliphatic rings. The average Bonchev–Trinajstić information content (AvgIpc) is 3.64. The molecule has 0 aromatic heterocycles. The molecule has 0 saturated carbocycles. The van der Waals surface area contributed by atoms with Crippen molar-refractivity contribution in [3.63, 3.8) is 0 Å². The van der Waals surface area contributed by atoms with Crippen LogP contribution in [0.2, 0.25) is 0 Å². The lowest BCUT2D eigenvalue weighted by atomic mass is 9.99. The first-order valence-electron chi connectivity index (χ1n) is 35.0. The van der Waals surface area contributed by atoms with Gasteiger partial charge in [0.05, 0.1) is 32.0 Å². The van der Waals surface area contributed by atoms with Crippen LogP contribution in [-0.4, -0.2) is 100 Å². The van der Waals surface area contributed by atoms with Gasteiger partial charge < -0.3 is 45.1 Å². The Balaban J connectivity index is 1.92. The molecule has 0 bridgehead atoms. The lowest BCUT2D eigenvalue weighted by molar-refractivity contribution is -0.302. The van der Waals surface area contributed by atoms with Gasteiger partial charge in [-0.2, -0.15) is 0 Å². The first-order chi connectivity index (χ1) is 40.7. The van der Waals surface area contributed by atoms with Crippen LogP contribution in [0.3, 0.4) is 0 Å². The van der Waals surface area contributed by atoms with Crippen molar-refractivity contribution in [2.45, 2.75) is 365 Å². The molecule has 1 fully saturated rings. The minimum Gasteiger partial charge on any atom is -0.466 e. The lowest BCUT2D eigenvalue weighted by Crippen LogP contribution is -2.60. The summed E-state index contributed by atoms with van der Waals surface area (Å²) in [6, 6.07) is -0.833. The van der Waals surface area contributed by atoms with E-state index < -0.39 is 49.5 Å². The van der Waals surface area contributed by atoms with Crippen molar-refractivity contribution in [1.29, 1.82) is 0 Å². The summed E-state index contributed by atoms with van der Waals surface area (Å²) >= 11 is 0. The van der Waals surface area contributed by atoms with Crippen LogP contribution in [-0.2, 0) is 23.8 Å². The molecule has 11 heteroatoms. The highest BCUT2D eigenvalue weighted by Crippen LogP contribution is 2.23. The van der Waals surface area contributed by atoms with Crippen LogP contribution in [0.1, 0.15) is 322 Å². The number of aliphatic hydroxyl groups excluding tert-OH is 5. The second kappa shape index (κ2) is 61.0. The van der Waals surface area contributed by atoms with E-state index in [0.717, 1.165) is 70.6 Å². The van der Waals surface area contributed by atoms with E-state index in [2.05, 4.69) is 54.8 Å². The van der Waals surface area contributed by atoms with Crippen LogP contribution in [0, 0.1) is 0 Å². The number of hydrogen-bond acceptors (Lipinski definition) is 10. The maximum Gasteiger partial charge on any atom is 0.305 e. The number of esters is 1. The third-order valence-electron chi connectivity index (χ3n) is 16.4. The summed E-state index contributed by atoms with van der Waals surface area (Å²) in [5, 5.41) is 54.2. The fourth-order valence-corrected chi connectivity index (χ4v) is 10.9. The van der Waals surface area contributed by atoms with Gasteiger partial charge in [-0.15, -0.1) is 0 Å². The minimum atomic E-state index is -1.58. The molecular weight excluding hydrogens is 1040 g/mol. The second-order valence-corrected chi connectivity index (χ2v) is 24.2. The molecule has 0 spiro atoms. The second-order valence-electron chi connectivity index (χ2n) is 24.2. The van der Waals surface area contributed by atoms with E-state index in [-0.39, 0.29) is 18.5 Å². The highest BCUT2D eigenvalue weighted by Gasteiger charge is 2.44. The van der Waals surface area contributed by atoms with Gasteiger partial charge in [0.2, 0.25) is 5.91 Å². The Morgan fingerprint density at radius 1 is 0.470 bits per heavy atom. The molecule has 0 aromatic rings. The molecule has 83 heavy (non-hydrogen) atoms. The molecule has 1 amide bonds. The van der Waals surface area contributed by atoms with Crippen molar-refractivity contribution in [2.24, 2.45) is 0 Å². The summed E-state index contributed by atoms with van der Waals surface area (Å²) in [6.45, 7) is 4.11. The van der Waals surface area contributed by atoms with Gasteiger partial charge in [-0.1, -0.05) is 286 Å². The normalized spacial score (nSPS) is 18.5. The van der Waals surface area contributed by atoms with Gasteiger partial charge in [-0.25, -0.2) is 0 Å². The topological polar surface area (TPSA) is 175 Å². The quantitative estimate of drug-likeness (QED) is 0.0195. The van der Waals surface area contributed by atoms with Gasteiger partial charge in [-0.3, -0.25) is 9.59 Å². The summed E-state index contributed by atoms with van der Waals surface area (Å²) in [5.74, 6) is -0.190. The Kier molecular flexibility index (Phi) is 57.6. The van der Waals surface area contributed by atoms with E-state index in [1.165, 1.54) is 225 Å². The zero-order chi connectivity index (χ0) is 60.2. The SMILES string of the molecule is C/C=C/CC/C=C/CC/C=C/C(O)C(COC1OC(CO)C(O)C(O)C1O)NC(=O)CCCCCCCCCCCCCCCCCCC/C=C\C/C=C\CCCCCCCCCCCOC(=O)CCCCCCCCCCCCCCC. The average molecular weight is 1170 g/mol. The van der Waals surface area contributed by atoms with Crippen molar-refractivity contribution < 1.29 is 49.3 Å². The predicted octanol–water partition coefficient (Wildman–Crippen LogP) is 17.7. The molecule has 11 nitrogen and oxygen atoms in total. The number of nitrogens with one attached hydrogen (secondary N) is 1. The zero-order valence-corrected chi connectivity index (χ0v) is 53.7. The van der Waals surface area contributed by atoms with E-state index in [9.17, 15) is 35.1 Å². The number of hydrogen-bond donors (Lipinski definition) is 6. The van der Waals surface area contributed by atoms with Crippen molar-refractivity contribution >= 4 is 11.9 Å². The summed E-state index contributed by atoms with van der Waals surface area (Å²) in [5.41, 5.74) is 0. The molecule has 0 aliphatic carbocycles. The molecular formula is C72H131NO10. The first-order valence-corrected chi connectivity index (χ1v) is 35.0. The number of allylic oxidation sites excluding steroid dienone is 9. The Morgan fingerprint density at radius 2 is 0.867 bits per heavy atom. The number of carbonyl (C=O) groups excluding carboxylic acids is 2. The number of aliphatic hydroxyl groups is 5. The minimum absolute atomic E-state index is 0.00783. The van der Waals surface area contributed by atoms with Crippen LogP contribution in [0.25, 0.3) is 0 Å². The van der Waals surface area contributed by atoms with Gasteiger partial charge in [0.25, 0.3) is 0 Å².